The van der Waals surface area contributed by atoms with E-state index in [0.29, 0.717) is 12.6 Å². The highest BCUT2D eigenvalue weighted by Crippen LogP contribution is 2.19. The number of likely N-dealkylation sites (N-methyl/N-ethyl adjacent to an activating group) is 1. The van der Waals surface area contributed by atoms with Gasteiger partial charge in [0.05, 0.1) is 18.8 Å². The van der Waals surface area contributed by atoms with Crippen LogP contribution in [-0.2, 0) is 16.1 Å². The molecule has 0 atom stereocenters. The van der Waals surface area contributed by atoms with Crippen LogP contribution in [0.4, 0.5) is 18.9 Å². The van der Waals surface area contributed by atoms with E-state index >= 15 is 0 Å². The van der Waals surface area contributed by atoms with Crippen LogP contribution >= 0.6 is 0 Å². The van der Waals surface area contributed by atoms with Crippen LogP contribution in [0.25, 0.3) is 10.8 Å². The largest absolute Gasteiger partial charge is 0.346 e. The number of amides is 2. The molecule has 0 radical (unpaired) electrons. The van der Waals surface area contributed by atoms with Crippen LogP contribution in [-0.4, -0.2) is 36.9 Å². The van der Waals surface area contributed by atoms with Gasteiger partial charge < -0.3 is 10.6 Å². The third-order valence-corrected chi connectivity index (χ3v) is 4.44. The standard InChI is InChI=1S/C22H20F3N3O2/c1-28(12-14-6-7-15-4-2-3-5-16(15)10-14)13-20(30)26-11-19(29)27-18-9-8-17(23)21(24)22(18)25/h2-10H,11-13H2,1H3,(H,26,30)(H,27,29). The third-order valence-electron chi connectivity index (χ3n) is 4.44. The number of hydrogen-bond donors (Lipinski definition) is 2. The maximum Gasteiger partial charge on any atom is 0.243 e. The average Bonchev–Trinajstić information content (AvgIpc) is 2.72. The predicted molar refractivity (Wildman–Crippen MR) is 108 cm³/mol. The van der Waals surface area contributed by atoms with Gasteiger partial charge in [-0.15, -0.1) is 0 Å². The van der Waals surface area contributed by atoms with Crippen molar-refractivity contribution in [2.45, 2.75) is 6.54 Å². The molecule has 156 valence electrons. The summed E-state index contributed by atoms with van der Waals surface area (Å²) in [5.41, 5.74) is 0.539. The molecule has 0 aliphatic rings. The van der Waals surface area contributed by atoms with Crippen LogP contribution in [0.3, 0.4) is 0 Å². The third kappa shape index (κ3) is 5.36. The Balaban J connectivity index is 1.47. The van der Waals surface area contributed by atoms with Crippen LogP contribution in [0, 0.1) is 17.5 Å². The first kappa shape index (κ1) is 21.3. The molecular weight excluding hydrogens is 395 g/mol. The van der Waals surface area contributed by atoms with Gasteiger partial charge in [0, 0.05) is 6.54 Å². The Morgan fingerprint density at radius 3 is 2.40 bits per heavy atom. The van der Waals surface area contributed by atoms with E-state index in [2.05, 4.69) is 10.6 Å². The van der Waals surface area contributed by atoms with Gasteiger partial charge in [-0.05, 0) is 41.6 Å². The maximum absolute atomic E-state index is 13.6. The number of hydrogen-bond acceptors (Lipinski definition) is 3. The molecule has 0 aromatic heterocycles. The molecule has 0 heterocycles. The quantitative estimate of drug-likeness (QED) is 0.581. The summed E-state index contributed by atoms with van der Waals surface area (Å²) in [7, 11) is 1.77. The summed E-state index contributed by atoms with van der Waals surface area (Å²) in [5.74, 6) is -5.69. The van der Waals surface area contributed by atoms with Crippen molar-refractivity contribution in [1.82, 2.24) is 10.2 Å². The van der Waals surface area contributed by atoms with Gasteiger partial charge in [0.2, 0.25) is 11.8 Å². The summed E-state index contributed by atoms with van der Waals surface area (Å²) >= 11 is 0. The zero-order valence-electron chi connectivity index (χ0n) is 16.2. The molecule has 0 aliphatic carbocycles. The van der Waals surface area contributed by atoms with E-state index in [1.54, 1.807) is 11.9 Å². The fourth-order valence-corrected chi connectivity index (χ4v) is 3.00. The normalized spacial score (nSPS) is 11.0. The number of nitrogens with one attached hydrogen (secondary N) is 2. The van der Waals surface area contributed by atoms with E-state index in [1.807, 2.05) is 42.5 Å². The minimum absolute atomic E-state index is 0.0413. The molecule has 3 rings (SSSR count). The van der Waals surface area contributed by atoms with E-state index in [9.17, 15) is 22.8 Å². The molecule has 0 saturated heterocycles. The van der Waals surface area contributed by atoms with Gasteiger partial charge in [0.15, 0.2) is 17.5 Å². The van der Waals surface area contributed by atoms with E-state index in [4.69, 9.17) is 0 Å². The number of fused-ring (bicyclic) bond motifs is 1. The van der Waals surface area contributed by atoms with Gasteiger partial charge >= 0.3 is 0 Å². The molecule has 8 heteroatoms. The van der Waals surface area contributed by atoms with Crippen LogP contribution in [0.2, 0.25) is 0 Å². The molecule has 3 aromatic carbocycles. The highest BCUT2D eigenvalue weighted by atomic mass is 19.2. The van der Waals surface area contributed by atoms with Crippen molar-refractivity contribution in [1.29, 1.82) is 0 Å². The van der Waals surface area contributed by atoms with Gasteiger partial charge in [-0.3, -0.25) is 14.5 Å². The van der Waals surface area contributed by atoms with Gasteiger partial charge in [-0.25, -0.2) is 13.2 Å². The van der Waals surface area contributed by atoms with Crippen LogP contribution in [0.15, 0.2) is 54.6 Å². The van der Waals surface area contributed by atoms with Crippen molar-refractivity contribution < 1.29 is 22.8 Å². The minimum atomic E-state index is -1.67. The maximum atomic E-state index is 13.6. The molecule has 0 bridgehead atoms. The van der Waals surface area contributed by atoms with Gasteiger partial charge in [-0.1, -0.05) is 36.4 Å². The zero-order chi connectivity index (χ0) is 21.7. The van der Waals surface area contributed by atoms with Crippen LogP contribution in [0.1, 0.15) is 5.56 Å². The SMILES string of the molecule is CN(CC(=O)NCC(=O)Nc1ccc(F)c(F)c1F)Cc1ccc2ccccc2c1. The second-order valence-corrected chi connectivity index (χ2v) is 6.90. The number of anilines is 1. The Kier molecular flexibility index (Phi) is 6.68. The Labute approximate surface area is 171 Å². The molecule has 3 aromatic rings. The molecule has 0 spiro atoms. The first-order chi connectivity index (χ1) is 14.3. The van der Waals surface area contributed by atoms with Crippen molar-refractivity contribution in [2.75, 3.05) is 25.5 Å². The van der Waals surface area contributed by atoms with Crippen molar-refractivity contribution in [3.05, 3.63) is 77.6 Å². The summed E-state index contributed by atoms with van der Waals surface area (Å²) < 4.78 is 39.7. The first-order valence-electron chi connectivity index (χ1n) is 9.20. The molecule has 2 amide bonds. The molecule has 0 saturated carbocycles. The number of nitrogens with zero attached hydrogens (tertiary/aromatic N) is 1. The monoisotopic (exact) mass is 415 g/mol. The van der Waals surface area contributed by atoms with E-state index < -0.39 is 41.5 Å². The van der Waals surface area contributed by atoms with Crippen molar-refractivity contribution in [3.8, 4) is 0 Å². The smallest absolute Gasteiger partial charge is 0.243 e. The fourth-order valence-electron chi connectivity index (χ4n) is 3.00. The van der Waals surface area contributed by atoms with Gasteiger partial charge in [-0.2, -0.15) is 0 Å². The molecule has 5 nitrogen and oxygen atoms in total. The number of carbonyl (C=O) groups excluding carboxylic acids is 2. The van der Waals surface area contributed by atoms with Crippen molar-refractivity contribution >= 4 is 28.3 Å². The summed E-state index contributed by atoms with van der Waals surface area (Å²) in [6.45, 7) is 0.144. The summed E-state index contributed by atoms with van der Waals surface area (Å²) in [4.78, 5) is 25.7. The van der Waals surface area contributed by atoms with Crippen LogP contribution in [0.5, 0.6) is 0 Å². The lowest BCUT2D eigenvalue weighted by molar-refractivity contribution is -0.124. The van der Waals surface area contributed by atoms with E-state index in [-0.39, 0.29) is 6.54 Å². The van der Waals surface area contributed by atoms with Gasteiger partial charge in [0.1, 0.15) is 0 Å². The molecule has 2 N–H and O–H groups in total. The lowest BCUT2D eigenvalue weighted by atomic mass is 10.1. The van der Waals surface area contributed by atoms with Gasteiger partial charge in [0.25, 0.3) is 0 Å². The molecule has 30 heavy (non-hydrogen) atoms. The highest BCUT2D eigenvalue weighted by Gasteiger charge is 2.16. The summed E-state index contributed by atoms with van der Waals surface area (Å²) in [6, 6.07) is 15.6. The Bertz CT molecular complexity index is 1090. The van der Waals surface area contributed by atoms with Crippen molar-refractivity contribution in [3.63, 3.8) is 0 Å². The highest BCUT2D eigenvalue weighted by molar-refractivity contribution is 5.94. The zero-order valence-corrected chi connectivity index (χ0v) is 16.2. The number of rotatable bonds is 7. The Hall–Kier alpha value is -3.39. The second-order valence-electron chi connectivity index (χ2n) is 6.90. The number of halogens is 3. The predicted octanol–water partition coefficient (Wildman–Crippen LogP) is 3.44. The second kappa shape index (κ2) is 9.41. The Morgan fingerprint density at radius 1 is 0.900 bits per heavy atom. The average molecular weight is 415 g/mol. The lowest BCUT2D eigenvalue weighted by Gasteiger charge is -2.17. The summed E-state index contributed by atoms with van der Waals surface area (Å²) in [6.07, 6.45) is 0. The first-order valence-corrected chi connectivity index (χ1v) is 9.20. The molecule has 0 unspecified atom stereocenters. The molecule has 0 aliphatic heterocycles. The fraction of sp³-hybridized carbons (Fsp3) is 0.182. The Morgan fingerprint density at radius 2 is 1.63 bits per heavy atom. The molecule has 0 fully saturated rings. The number of carbonyl (C=O) groups is 2. The van der Waals surface area contributed by atoms with Crippen molar-refractivity contribution in [2.24, 2.45) is 0 Å². The summed E-state index contributed by atoms with van der Waals surface area (Å²) in [5, 5.41) is 6.74. The number of benzene rings is 3. The minimum Gasteiger partial charge on any atom is -0.346 e. The molecular formula is C22H20F3N3O2. The van der Waals surface area contributed by atoms with Crippen LogP contribution < -0.4 is 10.6 Å². The topological polar surface area (TPSA) is 61.4 Å². The lowest BCUT2D eigenvalue weighted by Crippen LogP contribution is -2.39. The van der Waals surface area contributed by atoms with E-state index in [0.717, 1.165) is 22.4 Å². The van der Waals surface area contributed by atoms with E-state index in [1.165, 1.54) is 0 Å².